The molecular formula is C12H14N2O3. The van der Waals surface area contributed by atoms with Gasteiger partial charge in [-0.15, -0.1) is 0 Å². The van der Waals surface area contributed by atoms with Crippen molar-refractivity contribution in [1.82, 2.24) is 5.32 Å². The number of rotatable bonds is 3. The smallest absolute Gasteiger partial charge is 0.251 e. The third-order valence-electron chi connectivity index (χ3n) is 2.65. The summed E-state index contributed by atoms with van der Waals surface area (Å²) in [4.78, 5) is 22.9. The Kier molecular flexibility index (Phi) is 3.10. The van der Waals surface area contributed by atoms with Gasteiger partial charge in [0.2, 0.25) is 5.91 Å². The summed E-state index contributed by atoms with van der Waals surface area (Å²) in [5.41, 5.74) is 2.08. The number of carbonyl (C=O) groups excluding carboxylic acids is 2. The number of anilines is 1. The van der Waals surface area contributed by atoms with Crippen LogP contribution in [0.1, 0.15) is 22.8 Å². The SMILES string of the molecule is CC(CO)NC(=O)c1ccc2c(c1)NC(=O)C2. The van der Waals surface area contributed by atoms with E-state index in [0.717, 1.165) is 5.56 Å². The summed E-state index contributed by atoms with van der Waals surface area (Å²) in [5, 5.41) is 14.2. The Morgan fingerprint density at radius 2 is 2.35 bits per heavy atom. The lowest BCUT2D eigenvalue weighted by Gasteiger charge is -2.11. The Morgan fingerprint density at radius 3 is 3.06 bits per heavy atom. The highest BCUT2D eigenvalue weighted by atomic mass is 16.3. The number of aliphatic hydroxyl groups is 1. The van der Waals surface area contributed by atoms with Crippen LogP contribution < -0.4 is 10.6 Å². The summed E-state index contributed by atoms with van der Waals surface area (Å²) in [6, 6.07) is 4.81. The van der Waals surface area contributed by atoms with E-state index in [-0.39, 0.29) is 24.5 Å². The minimum Gasteiger partial charge on any atom is -0.394 e. The van der Waals surface area contributed by atoms with E-state index in [4.69, 9.17) is 5.11 Å². The van der Waals surface area contributed by atoms with Crippen molar-refractivity contribution < 1.29 is 14.7 Å². The fraction of sp³-hybridized carbons (Fsp3) is 0.333. The Bertz CT molecular complexity index is 471. The second-order valence-corrected chi connectivity index (χ2v) is 4.15. The predicted octanol–water partition coefficient (Wildman–Crippen LogP) is 0.292. The van der Waals surface area contributed by atoms with E-state index < -0.39 is 0 Å². The normalized spacial score (nSPS) is 15.1. The molecule has 0 bridgehead atoms. The van der Waals surface area contributed by atoms with Gasteiger partial charge >= 0.3 is 0 Å². The topological polar surface area (TPSA) is 78.4 Å². The van der Waals surface area contributed by atoms with E-state index in [0.29, 0.717) is 17.7 Å². The van der Waals surface area contributed by atoms with E-state index in [2.05, 4.69) is 10.6 Å². The summed E-state index contributed by atoms with van der Waals surface area (Å²) >= 11 is 0. The number of nitrogens with one attached hydrogen (secondary N) is 2. The molecule has 0 aliphatic carbocycles. The average molecular weight is 234 g/mol. The lowest BCUT2D eigenvalue weighted by atomic mass is 10.1. The fourth-order valence-corrected chi connectivity index (χ4v) is 1.71. The van der Waals surface area contributed by atoms with Gasteiger partial charge in [-0.1, -0.05) is 6.07 Å². The first kappa shape index (κ1) is 11.6. The minimum atomic E-state index is -0.287. The van der Waals surface area contributed by atoms with Gasteiger partial charge in [0, 0.05) is 17.3 Å². The molecule has 1 heterocycles. The molecule has 90 valence electrons. The van der Waals surface area contributed by atoms with Crippen LogP contribution in [0.15, 0.2) is 18.2 Å². The molecule has 0 fully saturated rings. The molecule has 1 aliphatic heterocycles. The molecule has 3 N–H and O–H groups in total. The van der Waals surface area contributed by atoms with Crippen LogP contribution in [0.4, 0.5) is 5.69 Å². The summed E-state index contributed by atoms with van der Waals surface area (Å²) in [6.45, 7) is 1.61. The standard InChI is InChI=1S/C12H14N2O3/c1-7(6-15)13-12(17)9-3-2-8-5-11(16)14-10(8)4-9/h2-4,7,15H,5-6H2,1H3,(H,13,17)(H,14,16). The predicted molar refractivity (Wildman–Crippen MR) is 62.8 cm³/mol. The number of aliphatic hydroxyl groups excluding tert-OH is 1. The van der Waals surface area contributed by atoms with Crippen molar-refractivity contribution in [3.05, 3.63) is 29.3 Å². The maximum atomic E-state index is 11.8. The Balaban J connectivity index is 2.16. The summed E-state index contributed by atoms with van der Waals surface area (Å²) < 4.78 is 0. The van der Waals surface area contributed by atoms with Gasteiger partial charge in [-0.05, 0) is 24.6 Å². The molecule has 1 unspecified atom stereocenters. The first-order chi connectivity index (χ1) is 8.10. The van der Waals surface area contributed by atoms with Gasteiger partial charge in [-0.25, -0.2) is 0 Å². The zero-order valence-corrected chi connectivity index (χ0v) is 9.49. The second kappa shape index (κ2) is 4.55. The highest BCUT2D eigenvalue weighted by Gasteiger charge is 2.19. The van der Waals surface area contributed by atoms with Crippen molar-refractivity contribution in [2.75, 3.05) is 11.9 Å². The minimum absolute atomic E-state index is 0.0544. The van der Waals surface area contributed by atoms with Crippen molar-refractivity contribution in [1.29, 1.82) is 0 Å². The molecule has 5 heteroatoms. The van der Waals surface area contributed by atoms with Crippen LogP contribution in [0.2, 0.25) is 0 Å². The summed E-state index contributed by atoms with van der Waals surface area (Å²) in [6.07, 6.45) is 0.365. The second-order valence-electron chi connectivity index (χ2n) is 4.15. The average Bonchev–Trinajstić information content (AvgIpc) is 2.67. The van der Waals surface area contributed by atoms with Gasteiger partial charge in [-0.3, -0.25) is 9.59 Å². The van der Waals surface area contributed by atoms with Crippen molar-refractivity contribution in [3.8, 4) is 0 Å². The van der Waals surface area contributed by atoms with Gasteiger partial charge in [0.15, 0.2) is 0 Å². The van der Waals surface area contributed by atoms with E-state index in [9.17, 15) is 9.59 Å². The lowest BCUT2D eigenvalue weighted by Crippen LogP contribution is -2.34. The molecule has 17 heavy (non-hydrogen) atoms. The number of fused-ring (bicyclic) bond motifs is 1. The van der Waals surface area contributed by atoms with E-state index in [1.54, 1.807) is 25.1 Å². The zero-order valence-electron chi connectivity index (χ0n) is 9.49. The molecule has 0 saturated carbocycles. The van der Waals surface area contributed by atoms with Crippen LogP contribution in [0.5, 0.6) is 0 Å². The van der Waals surface area contributed by atoms with Crippen LogP contribution in [0.25, 0.3) is 0 Å². The van der Waals surface area contributed by atoms with E-state index in [1.165, 1.54) is 0 Å². The number of hydrogen-bond acceptors (Lipinski definition) is 3. The highest BCUT2D eigenvalue weighted by Crippen LogP contribution is 2.23. The molecule has 2 rings (SSSR count). The van der Waals surface area contributed by atoms with Crippen molar-refractivity contribution >= 4 is 17.5 Å². The van der Waals surface area contributed by atoms with Gasteiger partial charge in [-0.2, -0.15) is 0 Å². The molecule has 1 aliphatic rings. The molecule has 1 aromatic carbocycles. The highest BCUT2D eigenvalue weighted by molar-refractivity contribution is 6.02. The monoisotopic (exact) mass is 234 g/mol. The van der Waals surface area contributed by atoms with Gasteiger partial charge in [0.1, 0.15) is 0 Å². The Labute approximate surface area is 98.8 Å². The number of carbonyl (C=O) groups is 2. The summed E-state index contributed by atoms with van der Waals surface area (Å²) in [5.74, 6) is -0.309. The van der Waals surface area contributed by atoms with Crippen molar-refractivity contribution in [3.63, 3.8) is 0 Å². The zero-order chi connectivity index (χ0) is 12.4. The first-order valence-electron chi connectivity index (χ1n) is 5.44. The van der Waals surface area contributed by atoms with E-state index in [1.807, 2.05) is 0 Å². The van der Waals surface area contributed by atoms with Crippen LogP contribution in [0, 0.1) is 0 Å². The van der Waals surface area contributed by atoms with Crippen molar-refractivity contribution in [2.45, 2.75) is 19.4 Å². The molecule has 0 aromatic heterocycles. The maximum absolute atomic E-state index is 11.8. The Morgan fingerprint density at radius 1 is 1.59 bits per heavy atom. The quantitative estimate of drug-likeness (QED) is 0.703. The molecule has 5 nitrogen and oxygen atoms in total. The molecule has 0 radical (unpaired) electrons. The third-order valence-corrected chi connectivity index (χ3v) is 2.65. The maximum Gasteiger partial charge on any atom is 0.251 e. The van der Waals surface area contributed by atoms with Gasteiger partial charge in [0.05, 0.1) is 13.0 Å². The number of benzene rings is 1. The largest absolute Gasteiger partial charge is 0.394 e. The Hall–Kier alpha value is -1.88. The third kappa shape index (κ3) is 2.45. The fourth-order valence-electron chi connectivity index (χ4n) is 1.71. The molecule has 2 amide bonds. The number of hydrogen-bond donors (Lipinski definition) is 3. The first-order valence-corrected chi connectivity index (χ1v) is 5.44. The van der Waals surface area contributed by atoms with Gasteiger partial charge < -0.3 is 15.7 Å². The lowest BCUT2D eigenvalue weighted by molar-refractivity contribution is -0.115. The molecule has 0 saturated heterocycles. The van der Waals surface area contributed by atoms with Crippen molar-refractivity contribution in [2.24, 2.45) is 0 Å². The molecule has 1 atom stereocenters. The summed E-state index contributed by atoms with van der Waals surface area (Å²) in [7, 11) is 0. The molecule has 1 aromatic rings. The molecule has 0 spiro atoms. The molecular weight excluding hydrogens is 220 g/mol. The van der Waals surface area contributed by atoms with Crippen LogP contribution in [0.3, 0.4) is 0 Å². The van der Waals surface area contributed by atoms with Gasteiger partial charge in [0.25, 0.3) is 5.91 Å². The van der Waals surface area contributed by atoms with Crippen LogP contribution >= 0.6 is 0 Å². The number of amides is 2. The van der Waals surface area contributed by atoms with Crippen LogP contribution in [-0.4, -0.2) is 29.6 Å². The van der Waals surface area contributed by atoms with Crippen LogP contribution in [-0.2, 0) is 11.2 Å². The van der Waals surface area contributed by atoms with E-state index >= 15 is 0 Å².